The number of ether oxygens (including phenoxy) is 2. The molecule has 0 unspecified atom stereocenters. The summed E-state index contributed by atoms with van der Waals surface area (Å²) in [7, 11) is 0. The highest BCUT2D eigenvalue weighted by Gasteiger charge is 2.13. The summed E-state index contributed by atoms with van der Waals surface area (Å²) < 4.78 is 57.3. The van der Waals surface area contributed by atoms with Crippen LogP contribution in [0.1, 0.15) is 18.9 Å². The first-order chi connectivity index (χ1) is 10.0. The van der Waals surface area contributed by atoms with Crippen LogP contribution in [0, 0.1) is 11.8 Å². The van der Waals surface area contributed by atoms with Crippen molar-refractivity contribution in [1.29, 1.82) is 0 Å². The molecule has 0 saturated heterocycles. The SMILES string of the molecule is CC#CCCNCc1ccc(OC(F)F)cc1OC(F)F. The van der Waals surface area contributed by atoms with Gasteiger partial charge in [-0.1, -0.05) is 6.07 Å². The summed E-state index contributed by atoms with van der Waals surface area (Å²) >= 11 is 0. The summed E-state index contributed by atoms with van der Waals surface area (Å²) in [6.45, 7) is -3.53. The molecule has 0 aliphatic rings. The first-order valence-corrected chi connectivity index (χ1v) is 6.15. The molecular formula is C14H15F4NO2. The Morgan fingerprint density at radius 3 is 2.48 bits per heavy atom. The number of alkyl halides is 4. The van der Waals surface area contributed by atoms with Gasteiger partial charge in [-0.25, -0.2) is 0 Å². The minimum atomic E-state index is -3.04. The number of hydrogen-bond acceptors (Lipinski definition) is 3. The maximum atomic E-state index is 12.3. The van der Waals surface area contributed by atoms with Gasteiger partial charge in [-0.15, -0.1) is 11.8 Å². The van der Waals surface area contributed by atoms with Crippen molar-refractivity contribution in [2.75, 3.05) is 6.54 Å². The Morgan fingerprint density at radius 1 is 1.14 bits per heavy atom. The van der Waals surface area contributed by atoms with E-state index in [1.165, 1.54) is 12.1 Å². The van der Waals surface area contributed by atoms with E-state index in [0.717, 1.165) is 6.07 Å². The average molecular weight is 305 g/mol. The Kier molecular flexibility index (Phi) is 7.40. The third kappa shape index (κ3) is 6.86. The standard InChI is InChI=1S/C14H15F4NO2/c1-2-3-4-7-19-9-10-5-6-11(20-13(15)16)8-12(10)21-14(17)18/h5-6,8,13-14,19H,4,7,9H2,1H3. The van der Waals surface area contributed by atoms with Gasteiger partial charge in [0.2, 0.25) is 0 Å². The summed E-state index contributed by atoms with van der Waals surface area (Å²) in [6.07, 6.45) is 0.619. The average Bonchev–Trinajstić information content (AvgIpc) is 2.39. The molecule has 1 rings (SSSR count). The van der Waals surface area contributed by atoms with E-state index in [9.17, 15) is 17.6 Å². The molecule has 7 heteroatoms. The van der Waals surface area contributed by atoms with E-state index in [1.807, 2.05) is 0 Å². The van der Waals surface area contributed by atoms with E-state index in [2.05, 4.69) is 26.6 Å². The number of halogens is 4. The van der Waals surface area contributed by atoms with Gasteiger partial charge < -0.3 is 14.8 Å². The second-order valence-electron chi connectivity index (χ2n) is 3.88. The predicted molar refractivity (Wildman–Crippen MR) is 69.5 cm³/mol. The lowest BCUT2D eigenvalue weighted by Gasteiger charge is -2.13. The molecule has 0 aromatic heterocycles. The maximum Gasteiger partial charge on any atom is 0.387 e. The Labute approximate surface area is 120 Å². The van der Waals surface area contributed by atoms with Crippen molar-refractivity contribution >= 4 is 0 Å². The van der Waals surface area contributed by atoms with E-state index in [0.29, 0.717) is 18.5 Å². The van der Waals surface area contributed by atoms with Crippen LogP contribution in [-0.2, 0) is 6.54 Å². The molecule has 3 nitrogen and oxygen atoms in total. The van der Waals surface area contributed by atoms with Crippen molar-refractivity contribution in [2.45, 2.75) is 33.1 Å². The van der Waals surface area contributed by atoms with Crippen LogP contribution in [0.3, 0.4) is 0 Å². The third-order valence-corrected chi connectivity index (χ3v) is 2.40. The molecule has 0 aliphatic heterocycles. The fourth-order valence-corrected chi connectivity index (χ4v) is 1.56. The van der Waals surface area contributed by atoms with Crippen molar-refractivity contribution in [3.63, 3.8) is 0 Å². The zero-order valence-corrected chi connectivity index (χ0v) is 11.3. The summed E-state index contributed by atoms with van der Waals surface area (Å²) in [5, 5.41) is 2.99. The van der Waals surface area contributed by atoms with Gasteiger partial charge in [0.1, 0.15) is 11.5 Å². The zero-order chi connectivity index (χ0) is 15.7. The lowest BCUT2D eigenvalue weighted by Crippen LogP contribution is -2.16. The molecule has 0 heterocycles. The largest absolute Gasteiger partial charge is 0.435 e. The van der Waals surface area contributed by atoms with Gasteiger partial charge in [0, 0.05) is 31.1 Å². The third-order valence-electron chi connectivity index (χ3n) is 2.40. The molecule has 116 valence electrons. The van der Waals surface area contributed by atoms with Crippen LogP contribution in [0.5, 0.6) is 11.5 Å². The van der Waals surface area contributed by atoms with Crippen LogP contribution in [0.25, 0.3) is 0 Å². The van der Waals surface area contributed by atoms with Gasteiger partial charge in [0.05, 0.1) is 0 Å². The van der Waals surface area contributed by atoms with Crippen molar-refractivity contribution in [3.05, 3.63) is 23.8 Å². The van der Waals surface area contributed by atoms with Gasteiger partial charge in [0.15, 0.2) is 0 Å². The lowest BCUT2D eigenvalue weighted by atomic mass is 10.2. The zero-order valence-electron chi connectivity index (χ0n) is 11.3. The summed E-state index contributed by atoms with van der Waals surface area (Å²) in [6, 6.07) is 3.68. The highest BCUT2D eigenvalue weighted by Crippen LogP contribution is 2.27. The Morgan fingerprint density at radius 2 is 1.86 bits per heavy atom. The molecule has 1 aromatic carbocycles. The highest BCUT2D eigenvalue weighted by molar-refractivity contribution is 5.40. The lowest BCUT2D eigenvalue weighted by molar-refractivity contribution is -0.0546. The molecule has 0 bridgehead atoms. The predicted octanol–water partition coefficient (Wildman–Crippen LogP) is 3.39. The van der Waals surface area contributed by atoms with Crippen LogP contribution in [0.2, 0.25) is 0 Å². The molecule has 0 saturated carbocycles. The second-order valence-corrected chi connectivity index (χ2v) is 3.88. The molecule has 1 N–H and O–H groups in total. The summed E-state index contributed by atoms with van der Waals surface area (Å²) in [4.78, 5) is 0. The van der Waals surface area contributed by atoms with Crippen LogP contribution in [-0.4, -0.2) is 19.8 Å². The highest BCUT2D eigenvalue weighted by atomic mass is 19.3. The number of hydrogen-bond donors (Lipinski definition) is 1. The topological polar surface area (TPSA) is 30.5 Å². The van der Waals surface area contributed by atoms with Crippen LogP contribution >= 0.6 is 0 Å². The summed E-state index contributed by atoms with van der Waals surface area (Å²) in [5.74, 6) is 5.14. The van der Waals surface area contributed by atoms with Crippen LogP contribution in [0.15, 0.2) is 18.2 Å². The van der Waals surface area contributed by atoms with E-state index >= 15 is 0 Å². The molecule has 21 heavy (non-hydrogen) atoms. The first kappa shape index (κ1) is 17.1. The molecular weight excluding hydrogens is 290 g/mol. The first-order valence-electron chi connectivity index (χ1n) is 6.15. The van der Waals surface area contributed by atoms with Crippen LogP contribution in [0.4, 0.5) is 17.6 Å². The molecule has 0 spiro atoms. The number of benzene rings is 1. The van der Waals surface area contributed by atoms with Crippen molar-refractivity contribution < 1.29 is 27.0 Å². The Bertz CT molecular complexity index is 497. The van der Waals surface area contributed by atoms with Gasteiger partial charge in [-0.3, -0.25) is 0 Å². The monoisotopic (exact) mass is 305 g/mol. The van der Waals surface area contributed by atoms with Gasteiger partial charge in [-0.05, 0) is 13.0 Å². The fraction of sp³-hybridized carbons (Fsp3) is 0.429. The minimum Gasteiger partial charge on any atom is -0.435 e. The molecule has 1 aromatic rings. The van der Waals surface area contributed by atoms with Gasteiger partial charge >= 0.3 is 13.2 Å². The van der Waals surface area contributed by atoms with Gasteiger partial charge in [0.25, 0.3) is 0 Å². The second kappa shape index (κ2) is 9.08. The summed E-state index contributed by atoms with van der Waals surface area (Å²) in [5.41, 5.74) is 0.418. The number of nitrogens with one attached hydrogen (secondary N) is 1. The maximum absolute atomic E-state index is 12.3. The Balaban J connectivity index is 2.72. The normalized spacial score (nSPS) is 10.4. The molecule has 0 amide bonds. The Hall–Kier alpha value is -1.94. The smallest absolute Gasteiger partial charge is 0.387 e. The molecule has 0 atom stereocenters. The molecule has 0 radical (unpaired) electrons. The van der Waals surface area contributed by atoms with Gasteiger partial charge in [-0.2, -0.15) is 17.6 Å². The van der Waals surface area contributed by atoms with E-state index in [-0.39, 0.29) is 18.0 Å². The van der Waals surface area contributed by atoms with E-state index in [4.69, 9.17) is 0 Å². The number of rotatable bonds is 8. The molecule has 0 aliphatic carbocycles. The van der Waals surface area contributed by atoms with E-state index in [1.54, 1.807) is 6.92 Å². The quantitative estimate of drug-likeness (QED) is 0.454. The van der Waals surface area contributed by atoms with Crippen LogP contribution < -0.4 is 14.8 Å². The van der Waals surface area contributed by atoms with Crippen molar-refractivity contribution in [3.8, 4) is 23.3 Å². The molecule has 0 fully saturated rings. The van der Waals surface area contributed by atoms with Crippen molar-refractivity contribution in [1.82, 2.24) is 5.32 Å². The van der Waals surface area contributed by atoms with Crippen molar-refractivity contribution in [2.24, 2.45) is 0 Å². The minimum absolute atomic E-state index is 0.197. The van der Waals surface area contributed by atoms with E-state index < -0.39 is 13.2 Å². The fourth-order valence-electron chi connectivity index (χ4n) is 1.56.